The third-order valence-electron chi connectivity index (χ3n) is 1.16. The van der Waals surface area contributed by atoms with Crippen LogP contribution in [0.15, 0.2) is 25.3 Å². The molecule has 0 spiro atoms. The van der Waals surface area contributed by atoms with E-state index in [-0.39, 0.29) is 13.1 Å². The second-order valence-corrected chi connectivity index (χ2v) is 2.11. The molecule has 4 heteroatoms. The fraction of sp³-hybridized carbons (Fsp3) is 0.250. The fourth-order valence-electron chi connectivity index (χ4n) is 0.681. The summed E-state index contributed by atoms with van der Waals surface area (Å²) >= 11 is 0. The highest BCUT2D eigenvalue weighted by atomic mass is 16.4. The quantitative estimate of drug-likeness (QED) is 0.474. The van der Waals surface area contributed by atoms with Crippen LogP contribution in [0.5, 0.6) is 0 Å². The lowest BCUT2D eigenvalue weighted by Crippen LogP contribution is -2.34. The van der Waals surface area contributed by atoms with Gasteiger partial charge in [0, 0.05) is 6.54 Å². The van der Waals surface area contributed by atoms with Crippen LogP contribution in [0.4, 0.5) is 0 Å². The number of carboxylic acid groups (broad SMARTS) is 1. The van der Waals surface area contributed by atoms with Crippen molar-refractivity contribution in [2.24, 2.45) is 0 Å². The lowest BCUT2D eigenvalue weighted by Gasteiger charge is -2.15. The van der Waals surface area contributed by atoms with Crippen molar-refractivity contribution >= 4 is 11.9 Å². The molecule has 0 unspecified atom stereocenters. The number of carbonyl (C=O) groups excluding carboxylic acids is 1. The highest BCUT2D eigenvalue weighted by Crippen LogP contribution is 1.90. The number of nitrogens with zero attached hydrogens (tertiary/aromatic N) is 1. The molecule has 0 atom stereocenters. The lowest BCUT2D eigenvalue weighted by molar-refractivity contribution is -0.142. The molecule has 0 aromatic heterocycles. The molecule has 1 N–H and O–H groups in total. The predicted octanol–water partition coefficient (Wildman–Crippen LogP) is 0.272. The third kappa shape index (κ3) is 3.55. The molecule has 0 saturated carbocycles. The topological polar surface area (TPSA) is 57.6 Å². The number of carboxylic acids is 1. The second kappa shape index (κ2) is 5.12. The van der Waals surface area contributed by atoms with E-state index in [4.69, 9.17) is 5.11 Å². The van der Waals surface area contributed by atoms with Crippen molar-refractivity contribution in [1.29, 1.82) is 0 Å². The monoisotopic (exact) mass is 169 g/mol. The summed E-state index contributed by atoms with van der Waals surface area (Å²) in [7, 11) is 0. The van der Waals surface area contributed by atoms with Gasteiger partial charge >= 0.3 is 5.97 Å². The van der Waals surface area contributed by atoms with Crippen LogP contribution in [0.25, 0.3) is 0 Å². The molecule has 4 nitrogen and oxygen atoms in total. The molecule has 0 bridgehead atoms. The van der Waals surface area contributed by atoms with Gasteiger partial charge in [0.2, 0.25) is 5.91 Å². The van der Waals surface area contributed by atoms with Crippen LogP contribution in [-0.2, 0) is 9.59 Å². The summed E-state index contributed by atoms with van der Waals surface area (Å²) in [5.41, 5.74) is 0. The first kappa shape index (κ1) is 10.4. The minimum atomic E-state index is -1.05. The Balaban J connectivity index is 4.20. The van der Waals surface area contributed by atoms with Gasteiger partial charge in [0.05, 0.1) is 0 Å². The van der Waals surface area contributed by atoms with Gasteiger partial charge in [-0.3, -0.25) is 9.59 Å². The van der Waals surface area contributed by atoms with E-state index in [1.54, 1.807) is 0 Å². The molecular formula is C8H11NO3. The van der Waals surface area contributed by atoms with E-state index in [1.165, 1.54) is 6.08 Å². The largest absolute Gasteiger partial charge is 0.480 e. The van der Waals surface area contributed by atoms with E-state index in [9.17, 15) is 9.59 Å². The average molecular weight is 169 g/mol. The van der Waals surface area contributed by atoms with Crippen LogP contribution in [0.3, 0.4) is 0 Å². The highest BCUT2D eigenvalue weighted by Gasteiger charge is 2.11. The van der Waals surface area contributed by atoms with Gasteiger partial charge in [-0.05, 0) is 6.08 Å². The van der Waals surface area contributed by atoms with Crippen LogP contribution >= 0.6 is 0 Å². The molecule has 0 rings (SSSR count). The molecule has 0 aliphatic carbocycles. The zero-order chi connectivity index (χ0) is 9.56. The van der Waals surface area contributed by atoms with Gasteiger partial charge in [-0.1, -0.05) is 12.7 Å². The second-order valence-electron chi connectivity index (χ2n) is 2.11. The van der Waals surface area contributed by atoms with Crippen LogP contribution in [0.2, 0.25) is 0 Å². The molecule has 1 amide bonds. The number of hydrogen-bond acceptors (Lipinski definition) is 2. The fourth-order valence-corrected chi connectivity index (χ4v) is 0.681. The summed E-state index contributed by atoms with van der Waals surface area (Å²) in [6.45, 7) is 6.55. The minimum Gasteiger partial charge on any atom is -0.480 e. The van der Waals surface area contributed by atoms with Crippen LogP contribution in [0.1, 0.15) is 0 Å². The van der Waals surface area contributed by atoms with E-state index in [1.807, 2.05) is 0 Å². The summed E-state index contributed by atoms with van der Waals surface area (Å²) in [5, 5.41) is 8.39. The van der Waals surface area contributed by atoms with Crippen molar-refractivity contribution in [3.8, 4) is 0 Å². The molecule has 0 aromatic rings. The SMILES string of the molecule is C=CCN(CC(=O)O)C(=O)C=C. The van der Waals surface area contributed by atoms with Crippen molar-refractivity contribution in [3.63, 3.8) is 0 Å². The van der Waals surface area contributed by atoms with E-state index in [0.717, 1.165) is 11.0 Å². The van der Waals surface area contributed by atoms with Crippen molar-refractivity contribution in [2.75, 3.05) is 13.1 Å². The molecule has 0 aliphatic heterocycles. The lowest BCUT2D eigenvalue weighted by atomic mass is 10.4. The van der Waals surface area contributed by atoms with E-state index >= 15 is 0 Å². The Morgan fingerprint density at radius 2 is 2.00 bits per heavy atom. The summed E-state index contributed by atoms with van der Waals surface area (Å²) < 4.78 is 0. The van der Waals surface area contributed by atoms with Crippen molar-refractivity contribution in [3.05, 3.63) is 25.3 Å². The first-order chi connectivity index (χ1) is 5.61. The smallest absolute Gasteiger partial charge is 0.323 e. The molecule has 0 aliphatic rings. The van der Waals surface area contributed by atoms with Crippen molar-refractivity contribution in [2.45, 2.75) is 0 Å². The van der Waals surface area contributed by atoms with Crippen LogP contribution < -0.4 is 0 Å². The standard InChI is InChI=1S/C8H11NO3/c1-3-5-9(6-8(11)12)7(10)4-2/h3-4H,1-2,5-6H2,(H,11,12). The van der Waals surface area contributed by atoms with E-state index in [2.05, 4.69) is 13.2 Å². The highest BCUT2D eigenvalue weighted by molar-refractivity contribution is 5.89. The van der Waals surface area contributed by atoms with Crippen LogP contribution in [0, 0.1) is 0 Å². The number of aliphatic carboxylic acids is 1. The Morgan fingerprint density at radius 1 is 1.42 bits per heavy atom. The molecule has 12 heavy (non-hydrogen) atoms. The van der Waals surface area contributed by atoms with Gasteiger partial charge in [-0.2, -0.15) is 0 Å². The van der Waals surface area contributed by atoms with Crippen molar-refractivity contribution < 1.29 is 14.7 Å². The molecule has 0 radical (unpaired) electrons. The van der Waals surface area contributed by atoms with Gasteiger partial charge in [-0.15, -0.1) is 6.58 Å². The number of rotatable bonds is 5. The minimum absolute atomic E-state index is 0.219. The number of amides is 1. The van der Waals surface area contributed by atoms with Crippen LogP contribution in [-0.4, -0.2) is 35.0 Å². The molecule has 0 heterocycles. The maximum atomic E-state index is 10.9. The Morgan fingerprint density at radius 3 is 2.33 bits per heavy atom. The first-order valence-corrected chi connectivity index (χ1v) is 3.35. The van der Waals surface area contributed by atoms with Gasteiger partial charge in [0.1, 0.15) is 6.54 Å². The number of hydrogen-bond donors (Lipinski definition) is 1. The summed E-state index contributed by atoms with van der Waals surface area (Å²) in [5.74, 6) is -1.45. The normalized spacial score (nSPS) is 8.67. The summed E-state index contributed by atoms with van der Waals surface area (Å²) in [6.07, 6.45) is 2.54. The number of carbonyl (C=O) groups is 2. The Bertz CT molecular complexity index is 210. The predicted molar refractivity (Wildman–Crippen MR) is 44.6 cm³/mol. The molecule has 0 fully saturated rings. The van der Waals surface area contributed by atoms with E-state index < -0.39 is 11.9 Å². The maximum Gasteiger partial charge on any atom is 0.323 e. The Labute approximate surface area is 70.8 Å². The van der Waals surface area contributed by atoms with Gasteiger partial charge < -0.3 is 10.0 Å². The summed E-state index contributed by atoms with van der Waals surface area (Å²) in [6, 6.07) is 0. The third-order valence-corrected chi connectivity index (χ3v) is 1.16. The first-order valence-electron chi connectivity index (χ1n) is 3.35. The van der Waals surface area contributed by atoms with Gasteiger partial charge in [0.25, 0.3) is 0 Å². The molecular weight excluding hydrogens is 158 g/mol. The van der Waals surface area contributed by atoms with Gasteiger partial charge in [-0.25, -0.2) is 0 Å². The Hall–Kier alpha value is -1.58. The average Bonchev–Trinajstić information content (AvgIpc) is 2.01. The molecule has 0 aromatic carbocycles. The van der Waals surface area contributed by atoms with E-state index in [0.29, 0.717) is 0 Å². The summed E-state index contributed by atoms with van der Waals surface area (Å²) in [4.78, 5) is 22.3. The molecule has 0 saturated heterocycles. The Kier molecular flexibility index (Phi) is 4.45. The zero-order valence-electron chi connectivity index (χ0n) is 6.69. The zero-order valence-corrected chi connectivity index (χ0v) is 6.69. The van der Waals surface area contributed by atoms with Crippen molar-refractivity contribution in [1.82, 2.24) is 4.90 Å². The molecule has 66 valence electrons. The maximum absolute atomic E-state index is 10.9. The van der Waals surface area contributed by atoms with Gasteiger partial charge in [0.15, 0.2) is 0 Å².